The predicted molar refractivity (Wildman–Crippen MR) is 78.2 cm³/mol. The van der Waals surface area contributed by atoms with Crippen molar-refractivity contribution in [2.75, 3.05) is 19.9 Å². The van der Waals surface area contributed by atoms with Crippen molar-refractivity contribution in [1.29, 1.82) is 0 Å². The first-order valence-corrected chi connectivity index (χ1v) is 8.38. The molecule has 1 aliphatic carbocycles. The Balaban J connectivity index is 1.65. The molecule has 1 spiro atoms. The van der Waals surface area contributed by atoms with E-state index in [-0.39, 0.29) is 24.4 Å². The van der Waals surface area contributed by atoms with Gasteiger partial charge in [-0.25, -0.2) is 0 Å². The maximum Gasteiger partial charge on any atom is 0.231 e. The summed E-state index contributed by atoms with van der Waals surface area (Å²) in [5, 5.41) is 21.8. The van der Waals surface area contributed by atoms with Crippen LogP contribution in [-0.2, 0) is 4.74 Å². The molecule has 0 aromatic heterocycles. The van der Waals surface area contributed by atoms with Crippen LogP contribution in [0.1, 0.15) is 42.4 Å². The molecule has 6 aliphatic rings. The van der Waals surface area contributed by atoms with Crippen molar-refractivity contribution >= 4 is 0 Å². The van der Waals surface area contributed by atoms with Crippen LogP contribution in [0.2, 0.25) is 0 Å². The first-order chi connectivity index (χ1) is 11.1. The molecule has 7 rings (SSSR count). The second kappa shape index (κ2) is 3.83. The van der Waals surface area contributed by atoms with Gasteiger partial charge in [0, 0.05) is 12.1 Å². The number of ether oxygens (including phenoxy) is 3. The Morgan fingerprint density at radius 2 is 1.96 bits per heavy atom. The van der Waals surface area contributed by atoms with E-state index in [1.165, 1.54) is 0 Å². The molecule has 1 aromatic rings. The fourth-order valence-electron chi connectivity index (χ4n) is 5.75. The first kappa shape index (κ1) is 13.0. The second-order valence-corrected chi connectivity index (χ2v) is 7.50. The topological polar surface area (TPSA) is 71.4 Å². The van der Waals surface area contributed by atoms with E-state index in [0.29, 0.717) is 6.42 Å². The Morgan fingerprint density at radius 1 is 1.17 bits per heavy atom. The van der Waals surface area contributed by atoms with Crippen molar-refractivity contribution in [2.24, 2.45) is 0 Å². The smallest absolute Gasteiger partial charge is 0.231 e. The molecular formula is C17H19NO5. The number of hydrogen-bond donors (Lipinski definition) is 2. The highest BCUT2D eigenvalue weighted by atomic mass is 16.7. The van der Waals surface area contributed by atoms with Gasteiger partial charge in [0.2, 0.25) is 12.6 Å². The molecule has 5 heterocycles. The van der Waals surface area contributed by atoms with E-state index in [2.05, 4.69) is 4.90 Å². The zero-order valence-corrected chi connectivity index (χ0v) is 12.7. The van der Waals surface area contributed by atoms with Gasteiger partial charge in [-0.1, -0.05) is 0 Å². The van der Waals surface area contributed by atoms with Crippen molar-refractivity contribution < 1.29 is 24.4 Å². The monoisotopic (exact) mass is 317 g/mol. The summed E-state index contributed by atoms with van der Waals surface area (Å²) in [4.78, 5) is 2.43. The molecule has 2 N–H and O–H groups in total. The molecule has 5 aliphatic heterocycles. The molecule has 2 saturated heterocycles. The third-order valence-electron chi connectivity index (χ3n) is 6.60. The Labute approximate surface area is 133 Å². The Hall–Kier alpha value is -1.34. The number of rotatable bonds is 0. The summed E-state index contributed by atoms with van der Waals surface area (Å²) in [5.41, 5.74) is 1.93. The highest BCUT2D eigenvalue weighted by Crippen LogP contribution is 2.64. The number of aliphatic hydroxyl groups is 2. The fraction of sp³-hybridized carbons (Fsp3) is 0.647. The Kier molecular flexibility index (Phi) is 2.17. The van der Waals surface area contributed by atoms with E-state index < -0.39 is 11.9 Å². The molecule has 0 amide bonds. The lowest BCUT2D eigenvalue weighted by Crippen LogP contribution is -2.50. The summed E-state index contributed by atoms with van der Waals surface area (Å²) in [6.07, 6.45) is 1.56. The highest BCUT2D eigenvalue weighted by molar-refractivity contribution is 5.54. The maximum atomic E-state index is 11.2. The van der Waals surface area contributed by atoms with Gasteiger partial charge < -0.3 is 24.4 Å². The quantitative estimate of drug-likeness (QED) is 0.740. The molecule has 23 heavy (non-hydrogen) atoms. The van der Waals surface area contributed by atoms with E-state index in [1.54, 1.807) is 0 Å². The minimum Gasteiger partial charge on any atom is -0.454 e. The maximum absolute atomic E-state index is 11.2. The van der Waals surface area contributed by atoms with Gasteiger partial charge in [0.05, 0.1) is 12.0 Å². The van der Waals surface area contributed by atoms with Gasteiger partial charge in [-0.15, -0.1) is 0 Å². The molecule has 6 heteroatoms. The average molecular weight is 317 g/mol. The normalized spacial score (nSPS) is 45.9. The predicted octanol–water partition coefficient (Wildman–Crippen LogP) is 0.872. The van der Waals surface area contributed by atoms with Crippen LogP contribution in [0.15, 0.2) is 12.1 Å². The van der Waals surface area contributed by atoms with Gasteiger partial charge in [-0.05, 0) is 49.1 Å². The van der Waals surface area contributed by atoms with Crippen LogP contribution in [0.25, 0.3) is 0 Å². The SMILES string of the molecule is O[C@@H]1C[C@]23CCCN2C[C@@H]2O[C@@]1(O)[C@H]3c1cc3c(cc12)OCO3. The van der Waals surface area contributed by atoms with Gasteiger partial charge in [0.1, 0.15) is 6.10 Å². The molecule has 122 valence electrons. The molecule has 1 saturated carbocycles. The number of benzene rings is 1. The molecule has 1 aromatic carbocycles. The fourth-order valence-corrected chi connectivity index (χ4v) is 5.75. The molecule has 4 bridgehead atoms. The lowest BCUT2D eigenvalue weighted by atomic mass is 9.76. The van der Waals surface area contributed by atoms with Crippen molar-refractivity contribution in [3.8, 4) is 11.5 Å². The summed E-state index contributed by atoms with van der Waals surface area (Å²) in [6.45, 7) is 2.00. The first-order valence-electron chi connectivity index (χ1n) is 8.38. The summed E-state index contributed by atoms with van der Waals surface area (Å²) in [7, 11) is 0. The minimum atomic E-state index is -1.50. The number of aliphatic hydroxyl groups excluding tert-OH is 1. The Bertz CT molecular complexity index is 723. The highest BCUT2D eigenvalue weighted by Gasteiger charge is 2.71. The van der Waals surface area contributed by atoms with Gasteiger partial charge in [-0.2, -0.15) is 0 Å². The summed E-state index contributed by atoms with van der Waals surface area (Å²) in [5.74, 6) is -0.257. The number of fused-ring (bicyclic) bond motifs is 1. The van der Waals surface area contributed by atoms with E-state index in [0.717, 1.165) is 48.6 Å². The minimum absolute atomic E-state index is 0.206. The largest absolute Gasteiger partial charge is 0.454 e. The lowest BCUT2D eigenvalue weighted by molar-refractivity contribution is -0.278. The van der Waals surface area contributed by atoms with E-state index >= 15 is 0 Å². The zero-order valence-electron chi connectivity index (χ0n) is 12.7. The van der Waals surface area contributed by atoms with Crippen LogP contribution in [0.3, 0.4) is 0 Å². The summed E-state index contributed by atoms with van der Waals surface area (Å²) >= 11 is 0. The third kappa shape index (κ3) is 1.33. The van der Waals surface area contributed by atoms with Crippen LogP contribution in [0.5, 0.6) is 11.5 Å². The van der Waals surface area contributed by atoms with Crippen LogP contribution < -0.4 is 9.47 Å². The molecular weight excluding hydrogens is 298 g/mol. The van der Waals surface area contributed by atoms with Gasteiger partial charge in [-0.3, -0.25) is 4.90 Å². The summed E-state index contributed by atoms with van der Waals surface area (Å²) < 4.78 is 17.2. The average Bonchev–Trinajstić information content (AvgIpc) is 3.14. The molecule has 0 unspecified atom stereocenters. The van der Waals surface area contributed by atoms with Crippen LogP contribution in [0.4, 0.5) is 0 Å². The van der Waals surface area contributed by atoms with Gasteiger partial charge in [0.25, 0.3) is 0 Å². The third-order valence-corrected chi connectivity index (χ3v) is 6.60. The molecule has 5 atom stereocenters. The standard InChI is InChI=1S/C17H19NO5/c19-14-6-16-2-1-3-18(16)7-13-9-4-11-12(22-8-21-11)5-10(9)15(16)17(14,20)23-13/h4-5,13-15,19-20H,1-3,6-8H2/t13-,14+,15-,16-,17+/m0/s1. The second-order valence-electron chi connectivity index (χ2n) is 7.50. The lowest BCUT2D eigenvalue weighted by Gasteiger charge is -2.42. The molecule has 3 fully saturated rings. The van der Waals surface area contributed by atoms with E-state index in [1.807, 2.05) is 12.1 Å². The van der Waals surface area contributed by atoms with Crippen molar-refractivity contribution in [2.45, 2.75) is 48.7 Å². The van der Waals surface area contributed by atoms with Crippen molar-refractivity contribution in [1.82, 2.24) is 4.90 Å². The molecule has 6 nitrogen and oxygen atoms in total. The van der Waals surface area contributed by atoms with Crippen LogP contribution in [0, 0.1) is 0 Å². The Morgan fingerprint density at radius 3 is 2.78 bits per heavy atom. The summed E-state index contributed by atoms with van der Waals surface area (Å²) in [6, 6.07) is 4.01. The molecule has 0 radical (unpaired) electrons. The van der Waals surface area contributed by atoms with E-state index in [4.69, 9.17) is 14.2 Å². The zero-order chi connectivity index (χ0) is 15.4. The van der Waals surface area contributed by atoms with E-state index in [9.17, 15) is 10.2 Å². The van der Waals surface area contributed by atoms with Crippen LogP contribution >= 0.6 is 0 Å². The van der Waals surface area contributed by atoms with Gasteiger partial charge in [0.15, 0.2) is 11.5 Å². The number of nitrogens with zero attached hydrogens (tertiary/aromatic N) is 1. The van der Waals surface area contributed by atoms with Gasteiger partial charge >= 0.3 is 0 Å². The van der Waals surface area contributed by atoms with Crippen molar-refractivity contribution in [3.05, 3.63) is 23.3 Å². The van der Waals surface area contributed by atoms with Crippen molar-refractivity contribution in [3.63, 3.8) is 0 Å². The van der Waals surface area contributed by atoms with Crippen LogP contribution in [-0.4, -0.2) is 52.4 Å². The number of hydrogen-bond acceptors (Lipinski definition) is 6.